The molecular formula is C25H27ClN6O. The van der Waals surface area contributed by atoms with Gasteiger partial charge in [-0.2, -0.15) is 4.98 Å². The minimum Gasteiger partial charge on any atom is -0.369 e. The first kappa shape index (κ1) is 21.8. The fourth-order valence-electron chi connectivity index (χ4n) is 4.25. The van der Waals surface area contributed by atoms with Gasteiger partial charge in [-0.15, -0.1) is 0 Å². The van der Waals surface area contributed by atoms with E-state index in [2.05, 4.69) is 60.6 Å². The number of piperazine rings is 1. The van der Waals surface area contributed by atoms with Gasteiger partial charge in [0.15, 0.2) is 0 Å². The van der Waals surface area contributed by atoms with Crippen LogP contribution in [0.2, 0.25) is 5.02 Å². The van der Waals surface area contributed by atoms with E-state index in [1.165, 1.54) is 11.9 Å². The lowest BCUT2D eigenvalue weighted by atomic mass is 10.1. The Morgan fingerprint density at radius 3 is 2.45 bits per heavy atom. The molecule has 1 aliphatic rings. The van der Waals surface area contributed by atoms with Crippen LogP contribution in [0.1, 0.15) is 12.0 Å². The van der Waals surface area contributed by atoms with Gasteiger partial charge in [0, 0.05) is 49.9 Å². The van der Waals surface area contributed by atoms with Crippen molar-refractivity contribution >= 4 is 28.5 Å². The van der Waals surface area contributed by atoms with E-state index in [0.29, 0.717) is 10.7 Å². The van der Waals surface area contributed by atoms with E-state index in [9.17, 15) is 0 Å². The average Bonchev–Trinajstić information content (AvgIpc) is 3.29. The van der Waals surface area contributed by atoms with E-state index in [1.807, 2.05) is 24.3 Å². The van der Waals surface area contributed by atoms with Crippen LogP contribution in [-0.4, -0.2) is 64.2 Å². The Hall–Kier alpha value is -3.00. The summed E-state index contributed by atoms with van der Waals surface area (Å²) < 4.78 is 5.44. The van der Waals surface area contributed by atoms with Crippen molar-refractivity contribution in [3.8, 4) is 11.3 Å². The molecule has 2 aromatic heterocycles. The second-order valence-corrected chi connectivity index (χ2v) is 8.76. The summed E-state index contributed by atoms with van der Waals surface area (Å²) in [4.78, 5) is 13.7. The zero-order valence-corrected chi connectivity index (χ0v) is 19.2. The molecule has 0 radical (unpaired) electrons. The van der Waals surface area contributed by atoms with Crippen molar-refractivity contribution in [2.24, 2.45) is 0 Å². The second-order valence-electron chi connectivity index (χ2n) is 8.32. The monoisotopic (exact) mass is 462 g/mol. The Morgan fingerprint density at radius 2 is 1.67 bits per heavy atom. The molecule has 1 fully saturated rings. The summed E-state index contributed by atoms with van der Waals surface area (Å²) in [6.45, 7) is 7.36. The van der Waals surface area contributed by atoms with Crippen LogP contribution >= 0.6 is 11.6 Å². The molecule has 0 amide bonds. The lowest BCUT2D eigenvalue weighted by molar-refractivity contribution is 0.127. The Labute approximate surface area is 198 Å². The van der Waals surface area contributed by atoms with Crippen LogP contribution in [0.5, 0.6) is 0 Å². The molecule has 1 saturated heterocycles. The van der Waals surface area contributed by atoms with Crippen molar-refractivity contribution in [3.63, 3.8) is 0 Å². The second kappa shape index (κ2) is 10.3. The highest BCUT2D eigenvalue weighted by Crippen LogP contribution is 2.31. The number of hydrogen-bond donors (Lipinski definition) is 1. The molecule has 0 spiro atoms. The molecule has 1 N–H and O–H groups in total. The lowest BCUT2D eigenvalue weighted by Crippen LogP contribution is -2.46. The third-order valence-electron chi connectivity index (χ3n) is 6.05. The van der Waals surface area contributed by atoms with E-state index in [-0.39, 0.29) is 0 Å². The zero-order chi connectivity index (χ0) is 22.5. The van der Waals surface area contributed by atoms with Crippen LogP contribution in [0.25, 0.3) is 22.4 Å². The number of halogens is 1. The number of nitrogens with one attached hydrogen (secondary N) is 1. The van der Waals surface area contributed by atoms with Gasteiger partial charge in [-0.05, 0) is 30.7 Å². The summed E-state index contributed by atoms with van der Waals surface area (Å²) in [6.07, 6.45) is 2.54. The van der Waals surface area contributed by atoms with Gasteiger partial charge in [0.1, 0.15) is 23.2 Å². The SMILES string of the molecule is Clc1ccc(-c2noc3ncnc(NCCCN4CCN(Cc5ccccc5)CC4)c23)cc1. The van der Waals surface area contributed by atoms with Gasteiger partial charge in [0.25, 0.3) is 5.71 Å². The van der Waals surface area contributed by atoms with Gasteiger partial charge in [-0.3, -0.25) is 4.90 Å². The van der Waals surface area contributed by atoms with Crippen LogP contribution in [0.4, 0.5) is 5.82 Å². The van der Waals surface area contributed by atoms with Crippen LogP contribution in [-0.2, 0) is 6.54 Å². The van der Waals surface area contributed by atoms with Crippen molar-refractivity contribution in [1.82, 2.24) is 24.9 Å². The Kier molecular flexibility index (Phi) is 6.81. The Morgan fingerprint density at radius 1 is 0.909 bits per heavy atom. The van der Waals surface area contributed by atoms with E-state index in [1.54, 1.807) is 0 Å². The zero-order valence-electron chi connectivity index (χ0n) is 18.5. The minimum atomic E-state index is 0.479. The molecule has 0 atom stereocenters. The predicted octanol–water partition coefficient (Wildman–Crippen LogP) is 4.56. The molecule has 8 heteroatoms. The van der Waals surface area contributed by atoms with E-state index < -0.39 is 0 Å². The molecule has 3 heterocycles. The first-order valence-electron chi connectivity index (χ1n) is 11.3. The number of rotatable bonds is 8. The van der Waals surface area contributed by atoms with Gasteiger partial charge in [0.05, 0.1) is 0 Å². The van der Waals surface area contributed by atoms with Gasteiger partial charge in [0.2, 0.25) is 0 Å². The summed E-state index contributed by atoms with van der Waals surface area (Å²) >= 11 is 6.03. The summed E-state index contributed by atoms with van der Waals surface area (Å²) in [5.74, 6) is 0.749. The first-order chi connectivity index (χ1) is 16.3. The van der Waals surface area contributed by atoms with Crippen LogP contribution in [0.15, 0.2) is 65.4 Å². The smallest absolute Gasteiger partial charge is 0.263 e. The first-order valence-corrected chi connectivity index (χ1v) is 11.7. The van der Waals surface area contributed by atoms with E-state index in [0.717, 1.165) is 74.7 Å². The highest BCUT2D eigenvalue weighted by Gasteiger charge is 2.18. The molecule has 170 valence electrons. The van der Waals surface area contributed by atoms with Crippen molar-refractivity contribution in [2.45, 2.75) is 13.0 Å². The topological polar surface area (TPSA) is 70.3 Å². The third-order valence-corrected chi connectivity index (χ3v) is 6.30. The summed E-state index contributed by atoms with van der Waals surface area (Å²) in [5.41, 5.74) is 3.51. The normalized spacial score (nSPS) is 15.2. The standard InChI is InChI=1S/C25H27ClN6O/c26-21-9-7-20(8-10-21)23-22-24(28-18-29-25(22)33-30-23)27-11-4-12-31-13-15-32(16-14-31)17-19-5-2-1-3-6-19/h1-3,5-10,18H,4,11-17H2,(H,27,28,29). The number of hydrogen-bond acceptors (Lipinski definition) is 7. The largest absolute Gasteiger partial charge is 0.369 e. The minimum absolute atomic E-state index is 0.479. The van der Waals surface area contributed by atoms with Gasteiger partial charge < -0.3 is 14.7 Å². The predicted molar refractivity (Wildman–Crippen MR) is 131 cm³/mol. The molecule has 0 saturated carbocycles. The van der Waals surface area contributed by atoms with E-state index >= 15 is 0 Å². The van der Waals surface area contributed by atoms with E-state index in [4.69, 9.17) is 16.1 Å². The molecule has 33 heavy (non-hydrogen) atoms. The lowest BCUT2D eigenvalue weighted by Gasteiger charge is -2.34. The third kappa shape index (κ3) is 5.33. The number of benzene rings is 2. The molecular weight excluding hydrogens is 436 g/mol. The summed E-state index contributed by atoms with van der Waals surface area (Å²) in [5, 5.41) is 9.17. The van der Waals surface area contributed by atoms with Crippen molar-refractivity contribution in [2.75, 3.05) is 44.6 Å². The Bertz CT molecular complexity index is 1170. The van der Waals surface area contributed by atoms with Gasteiger partial charge >= 0.3 is 0 Å². The van der Waals surface area contributed by atoms with Crippen molar-refractivity contribution in [3.05, 3.63) is 71.5 Å². The summed E-state index contributed by atoms with van der Waals surface area (Å²) in [7, 11) is 0. The molecule has 4 aromatic rings. The average molecular weight is 463 g/mol. The quantitative estimate of drug-likeness (QED) is 0.385. The molecule has 1 aliphatic heterocycles. The number of fused-ring (bicyclic) bond motifs is 1. The van der Waals surface area contributed by atoms with Gasteiger partial charge in [-0.1, -0.05) is 59.2 Å². The van der Waals surface area contributed by atoms with Crippen LogP contribution in [0, 0.1) is 0 Å². The number of anilines is 1. The van der Waals surface area contributed by atoms with Crippen molar-refractivity contribution in [1.29, 1.82) is 0 Å². The molecule has 0 bridgehead atoms. The maximum absolute atomic E-state index is 6.03. The van der Waals surface area contributed by atoms with Crippen LogP contribution < -0.4 is 5.32 Å². The highest BCUT2D eigenvalue weighted by molar-refractivity contribution is 6.30. The maximum Gasteiger partial charge on any atom is 0.263 e. The molecule has 0 unspecified atom stereocenters. The number of aromatic nitrogens is 3. The maximum atomic E-state index is 6.03. The summed E-state index contributed by atoms with van der Waals surface area (Å²) in [6, 6.07) is 18.2. The van der Waals surface area contributed by atoms with Gasteiger partial charge in [-0.25, -0.2) is 4.98 Å². The Balaban J connectivity index is 1.13. The molecule has 2 aromatic carbocycles. The van der Waals surface area contributed by atoms with Crippen LogP contribution in [0.3, 0.4) is 0 Å². The molecule has 7 nitrogen and oxygen atoms in total. The fraction of sp³-hybridized carbons (Fsp3) is 0.320. The fourth-order valence-corrected chi connectivity index (χ4v) is 4.37. The molecule has 5 rings (SSSR count). The molecule has 0 aliphatic carbocycles. The number of nitrogens with zero attached hydrogens (tertiary/aromatic N) is 5. The van der Waals surface area contributed by atoms with Crippen molar-refractivity contribution < 1.29 is 4.52 Å². The highest BCUT2D eigenvalue weighted by atomic mass is 35.5.